The highest BCUT2D eigenvalue weighted by atomic mass is 32.1. The monoisotopic (exact) mass is 338 g/mol. The summed E-state index contributed by atoms with van der Waals surface area (Å²) in [4.78, 5) is 13.6. The lowest BCUT2D eigenvalue weighted by Crippen LogP contribution is -2.25. The van der Waals surface area contributed by atoms with Gasteiger partial charge in [-0.05, 0) is 23.6 Å². The van der Waals surface area contributed by atoms with E-state index in [4.69, 9.17) is 10.5 Å². The average Bonchev–Trinajstić information content (AvgIpc) is 3.08. The van der Waals surface area contributed by atoms with Crippen molar-refractivity contribution in [3.05, 3.63) is 73.2 Å². The summed E-state index contributed by atoms with van der Waals surface area (Å²) in [6, 6.07) is 13.5. The van der Waals surface area contributed by atoms with Crippen molar-refractivity contribution < 1.29 is 4.74 Å². The molecule has 0 aliphatic carbocycles. The number of hydrogen-bond donors (Lipinski definition) is 1. The Morgan fingerprint density at radius 2 is 2.04 bits per heavy atom. The number of ether oxygens (including phenoxy) is 1. The highest BCUT2D eigenvalue weighted by molar-refractivity contribution is 7.16. The predicted molar refractivity (Wildman–Crippen MR) is 91.7 cm³/mol. The van der Waals surface area contributed by atoms with Crippen molar-refractivity contribution in [2.45, 2.75) is 5.92 Å². The summed E-state index contributed by atoms with van der Waals surface area (Å²) >= 11 is 2.67. The number of benzene rings is 1. The van der Waals surface area contributed by atoms with Crippen molar-refractivity contribution in [1.29, 1.82) is 5.26 Å². The van der Waals surface area contributed by atoms with Crippen LogP contribution in [0.1, 0.15) is 16.4 Å². The Balaban J connectivity index is 2.11. The van der Waals surface area contributed by atoms with Crippen LogP contribution in [0.25, 0.3) is 10.1 Å². The maximum atomic E-state index is 12.7. The molecule has 1 aliphatic heterocycles. The molecule has 1 atom stereocenters. The van der Waals surface area contributed by atoms with Gasteiger partial charge in [0.2, 0.25) is 10.6 Å². The lowest BCUT2D eigenvalue weighted by atomic mass is 9.89. The molecule has 4 nitrogen and oxygen atoms in total. The Labute approximate surface area is 139 Å². The van der Waals surface area contributed by atoms with Crippen molar-refractivity contribution in [2.24, 2.45) is 5.73 Å². The van der Waals surface area contributed by atoms with Gasteiger partial charge in [-0.15, -0.1) is 11.3 Å². The zero-order valence-corrected chi connectivity index (χ0v) is 13.4. The van der Waals surface area contributed by atoms with Crippen LogP contribution in [0.2, 0.25) is 0 Å². The smallest absolute Gasteiger partial charge is 0.240 e. The second-order valence-electron chi connectivity index (χ2n) is 5.07. The SMILES string of the molecule is N#CC1=C(N)Oc2c(c(=O)sc3ccccc23)[C@@H]1c1cccs1. The Morgan fingerprint density at radius 3 is 2.78 bits per heavy atom. The fraction of sp³-hybridized carbons (Fsp3) is 0.0588. The van der Waals surface area contributed by atoms with Gasteiger partial charge in [0, 0.05) is 15.0 Å². The third-order valence-corrected chi connectivity index (χ3v) is 5.72. The van der Waals surface area contributed by atoms with Gasteiger partial charge in [0.25, 0.3) is 0 Å². The molecule has 0 radical (unpaired) electrons. The molecule has 3 aromatic rings. The molecule has 1 aliphatic rings. The van der Waals surface area contributed by atoms with Gasteiger partial charge in [0.1, 0.15) is 17.4 Å². The second-order valence-corrected chi connectivity index (χ2v) is 7.06. The minimum absolute atomic E-state index is 0.0687. The fourth-order valence-electron chi connectivity index (χ4n) is 2.81. The number of nitrogens with zero attached hydrogens (tertiary/aromatic N) is 1. The van der Waals surface area contributed by atoms with Crippen LogP contribution in [-0.2, 0) is 0 Å². The summed E-state index contributed by atoms with van der Waals surface area (Å²) in [6.45, 7) is 0. The molecule has 0 bridgehead atoms. The van der Waals surface area contributed by atoms with Gasteiger partial charge in [-0.2, -0.15) is 5.26 Å². The van der Waals surface area contributed by atoms with E-state index >= 15 is 0 Å². The Bertz CT molecular complexity index is 1040. The van der Waals surface area contributed by atoms with Crippen molar-refractivity contribution in [3.8, 4) is 11.8 Å². The molecule has 0 amide bonds. The zero-order valence-electron chi connectivity index (χ0n) is 11.8. The predicted octanol–water partition coefficient (Wildman–Crippen LogP) is 3.54. The van der Waals surface area contributed by atoms with E-state index in [0.717, 1.165) is 15.0 Å². The molecule has 2 aromatic heterocycles. The van der Waals surface area contributed by atoms with E-state index in [2.05, 4.69) is 6.07 Å². The molecule has 0 spiro atoms. The van der Waals surface area contributed by atoms with E-state index in [1.165, 1.54) is 22.7 Å². The van der Waals surface area contributed by atoms with Crippen molar-refractivity contribution in [2.75, 3.05) is 0 Å². The first-order chi connectivity index (χ1) is 11.2. The van der Waals surface area contributed by atoms with Crippen LogP contribution in [0, 0.1) is 11.3 Å². The first-order valence-corrected chi connectivity index (χ1v) is 8.57. The normalized spacial score (nSPS) is 16.7. The van der Waals surface area contributed by atoms with Crippen LogP contribution in [0.3, 0.4) is 0 Å². The lowest BCUT2D eigenvalue weighted by molar-refractivity contribution is 0.398. The van der Waals surface area contributed by atoms with Gasteiger partial charge in [-0.3, -0.25) is 4.79 Å². The number of thiophene rings is 1. The summed E-state index contributed by atoms with van der Waals surface area (Å²) in [7, 11) is 0. The number of nitriles is 1. The Kier molecular flexibility index (Phi) is 3.18. The molecular formula is C17H10N2O2S2. The molecule has 2 N–H and O–H groups in total. The van der Waals surface area contributed by atoms with Crippen LogP contribution in [0.4, 0.5) is 0 Å². The average molecular weight is 338 g/mol. The number of allylic oxidation sites excluding steroid dienone is 1. The highest BCUT2D eigenvalue weighted by Crippen LogP contribution is 2.45. The van der Waals surface area contributed by atoms with Gasteiger partial charge in [-0.1, -0.05) is 29.5 Å². The maximum absolute atomic E-state index is 12.7. The third kappa shape index (κ3) is 2.05. The van der Waals surface area contributed by atoms with Crippen molar-refractivity contribution in [3.63, 3.8) is 0 Å². The number of nitrogens with two attached hydrogens (primary N) is 1. The topological polar surface area (TPSA) is 76.1 Å². The van der Waals surface area contributed by atoms with Crippen molar-refractivity contribution >= 4 is 32.8 Å². The zero-order chi connectivity index (χ0) is 16.0. The van der Waals surface area contributed by atoms with Crippen LogP contribution in [0.5, 0.6) is 5.75 Å². The van der Waals surface area contributed by atoms with Crippen LogP contribution in [0.15, 0.2) is 58.0 Å². The van der Waals surface area contributed by atoms with Crippen molar-refractivity contribution in [1.82, 2.24) is 0 Å². The van der Waals surface area contributed by atoms with Gasteiger partial charge >= 0.3 is 0 Å². The molecule has 0 saturated carbocycles. The van der Waals surface area contributed by atoms with E-state index < -0.39 is 5.92 Å². The molecule has 0 saturated heterocycles. The van der Waals surface area contributed by atoms with E-state index in [1.807, 2.05) is 41.8 Å². The third-order valence-electron chi connectivity index (χ3n) is 3.80. The van der Waals surface area contributed by atoms with E-state index in [0.29, 0.717) is 16.9 Å². The Morgan fingerprint density at radius 1 is 1.22 bits per heavy atom. The molecule has 1 aromatic carbocycles. The molecule has 0 fully saturated rings. The quantitative estimate of drug-likeness (QED) is 0.736. The first kappa shape index (κ1) is 14.0. The molecule has 6 heteroatoms. The summed E-state index contributed by atoms with van der Waals surface area (Å²) < 4.78 is 6.45. The molecule has 23 heavy (non-hydrogen) atoms. The van der Waals surface area contributed by atoms with Gasteiger partial charge in [-0.25, -0.2) is 0 Å². The number of rotatable bonds is 1. The Hall–Kier alpha value is -2.62. The van der Waals surface area contributed by atoms with Crippen LogP contribution < -0.4 is 15.2 Å². The molecule has 0 unspecified atom stereocenters. The van der Waals surface area contributed by atoms with Gasteiger partial charge in [0.05, 0.1) is 11.5 Å². The van der Waals surface area contributed by atoms with Crippen LogP contribution >= 0.6 is 22.7 Å². The van der Waals surface area contributed by atoms with Crippen LogP contribution in [-0.4, -0.2) is 0 Å². The molecular weight excluding hydrogens is 328 g/mol. The van der Waals surface area contributed by atoms with E-state index in [1.54, 1.807) is 0 Å². The highest BCUT2D eigenvalue weighted by Gasteiger charge is 2.34. The minimum Gasteiger partial charge on any atom is -0.439 e. The van der Waals surface area contributed by atoms with E-state index in [-0.39, 0.29) is 10.6 Å². The maximum Gasteiger partial charge on any atom is 0.240 e. The summed E-state index contributed by atoms with van der Waals surface area (Å²) in [5.41, 5.74) is 6.78. The van der Waals surface area contributed by atoms with Gasteiger partial charge in [0.15, 0.2) is 0 Å². The fourth-order valence-corrected chi connectivity index (χ4v) is 4.59. The first-order valence-electron chi connectivity index (χ1n) is 6.87. The number of fused-ring (bicyclic) bond motifs is 3. The van der Waals surface area contributed by atoms with E-state index in [9.17, 15) is 10.1 Å². The van der Waals surface area contributed by atoms with Gasteiger partial charge < -0.3 is 10.5 Å². The minimum atomic E-state index is -0.461. The molecule has 4 rings (SSSR count). The summed E-state index contributed by atoms with van der Waals surface area (Å²) in [5, 5.41) is 12.3. The standard InChI is InChI=1S/C17H10N2O2S2/c18-8-10-13(12-6-3-7-22-12)14-15(21-16(10)19)9-4-1-2-5-11(9)23-17(14)20/h1-7,13H,19H2/t13-/m0/s1. The molecule has 112 valence electrons. The number of hydrogen-bond acceptors (Lipinski definition) is 6. The summed E-state index contributed by atoms with van der Waals surface area (Å²) in [6.07, 6.45) is 0. The molecule has 3 heterocycles. The summed E-state index contributed by atoms with van der Waals surface area (Å²) in [5.74, 6) is 0.0792. The lowest BCUT2D eigenvalue weighted by Gasteiger charge is -2.25. The second kappa shape index (κ2) is 5.23. The largest absolute Gasteiger partial charge is 0.439 e.